The molecule has 21 heavy (non-hydrogen) atoms. The Morgan fingerprint density at radius 2 is 2.24 bits per heavy atom. The molecule has 2 unspecified atom stereocenters. The van der Waals surface area contributed by atoms with Crippen molar-refractivity contribution < 1.29 is 4.74 Å². The summed E-state index contributed by atoms with van der Waals surface area (Å²) in [6, 6.07) is 11.9. The van der Waals surface area contributed by atoms with Crippen molar-refractivity contribution in [3.63, 3.8) is 0 Å². The van der Waals surface area contributed by atoms with E-state index in [0.29, 0.717) is 11.6 Å². The van der Waals surface area contributed by atoms with Gasteiger partial charge in [-0.15, -0.1) is 0 Å². The van der Waals surface area contributed by atoms with E-state index in [1.807, 2.05) is 31.2 Å². The van der Waals surface area contributed by atoms with E-state index in [9.17, 15) is 0 Å². The minimum Gasteiger partial charge on any atom is -0.350 e. The fourth-order valence-electron chi connectivity index (χ4n) is 2.59. The second-order valence-electron chi connectivity index (χ2n) is 5.46. The van der Waals surface area contributed by atoms with Gasteiger partial charge in [0, 0.05) is 24.8 Å². The summed E-state index contributed by atoms with van der Waals surface area (Å²) in [6.07, 6.45) is 1.36. The summed E-state index contributed by atoms with van der Waals surface area (Å²) >= 11 is 5.89. The van der Waals surface area contributed by atoms with E-state index in [1.165, 1.54) is 0 Å². The van der Waals surface area contributed by atoms with Gasteiger partial charge in [0.1, 0.15) is 11.8 Å². The zero-order valence-corrected chi connectivity index (χ0v) is 12.6. The molecule has 0 bridgehead atoms. The van der Waals surface area contributed by atoms with Crippen molar-refractivity contribution in [2.75, 3.05) is 13.1 Å². The molecule has 2 atom stereocenters. The molecule has 2 aromatic rings. The Hall–Kier alpha value is -1.46. The van der Waals surface area contributed by atoms with Gasteiger partial charge in [-0.25, -0.2) is 0 Å². The number of rotatable bonds is 2. The van der Waals surface area contributed by atoms with E-state index in [1.54, 1.807) is 6.20 Å². The summed E-state index contributed by atoms with van der Waals surface area (Å²) in [6.45, 7) is 3.46. The first kappa shape index (κ1) is 14.5. The molecule has 3 N–H and O–H groups in total. The second kappa shape index (κ2) is 5.73. The molecule has 4 nitrogen and oxygen atoms in total. The number of pyridine rings is 1. The quantitative estimate of drug-likeness (QED) is 0.895. The summed E-state index contributed by atoms with van der Waals surface area (Å²) in [5, 5.41) is 3.94. The normalized spacial score (nSPS) is 25.8. The molecule has 1 aromatic heterocycles. The largest absolute Gasteiger partial charge is 0.350 e. The lowest BCUT2D eigenvalue weighted by atomic mass is 9.92. The molecule has 110 valence electrons. The van der Waals surface area contributed by atoms with Crippen LogP contribution in [-0.4, -0.2) is 24.3 Å². The third-order valence-electron chi connectivity index (χ3n) is 3.72. The predicted molar refractivity (Wildman–Crippen MR) is 84.0 cm³/mol. The maximum absolute atomic E-state index is 5.94. The number of hydrogen-bond acceptors (Lipinski definition) is 4. The maximum atomic E-state index is 5.94. The van der Waals surface area contributed by atoms with Crippen LogP contribution in [0.2, 0.25) is 5.02 Å². The van der Waals surface area contributed by atoms with Gasteiger partial charge in [0.15, 0.2) is 0 Å². The number of morpholine rings is 1. The van der Waals surface area contributed by atoms with Crippen LogP contribution in [0.5, 0.6) is 0 Å². The van der Waals surface area contributed by atoms with E-state index >= 15 is 0 Å². The topological polar surface area (TPSA) is 60.2 Å². The van der Waals surface area contributed by atoms with Gasteiger partial charge in [0.05, 0.1) is 10.7 Å². The summed E-state index contributed by atoms with van der Waals surface area (Å²) in [5.74, 6) is 0. The summed E-state index contributed by atoms with van der Waals surface area (Å²) in [4.78, 5) is 4.36. The Kier molecular flexibility index (Phi) is 3.95. The van der Waals surface area contributed by atoms with Crippen molar-refractivity contribution >= 4 is 11.6 Å². The Labute approximate surface area is 129 Å². The van der Waals surface area contributed by atoms with Gasteiger partial charge < -0.3 is 15.8 Å². The molecule has 0 aliphatic carbocycles. The standard InChI is InChI=1S/C16H18ClN3O/c1-16(10-19-9-15(18)21-16)12-4-2-3-11(7-12)14-6-5-13(17)8-20-14/h2-8,15,19H,9-10,18H2,1H3. The average Bonchev–Trinajstić information content (AvgIpc) is 2.48. The van der Waals surface area contributed by atoms with Crippen molar-refractivity contribution in [1.82, 2.24) is 10.3 Å². The molecule has 1 aliphatic rings. The molecule has 1 aromatic carbocycles. The molecular weight excluding hydrogens is 286 g/mol. The lowest BCUT2D eigenvalue weighted by Gasteiger charge is -2.38. The van der Waals surface area contributed by atoms with Gasteiger partial charge in [-0.3, -0.25) is 4.98 Å². The Morgan fingerprint density at radius 3 is 2.95 bits per heavy atom. The van der Waals surface area contributed by atoms with Gasteiger partial charge in [0.2, 0.25) is 0 Å². The van der Waals surface area contributed by atoms with Crippen LogP contribution in [0.25, 0.3) is 11.3 Å². The number of halogens is 1. The van der Waals surface area contributed by atoms with Crippen LogP contribution < -0.4 is 11.1 Å². The van der Waals surface area contributed by atoms with Gasteiger partial charge in [-0.1, -0.05) is 29.8 Å². The van der Waals surface area contributed by atoms with Crippen LogP contribution in [0.3, 0.4) is 0 Å². The second-order valence-corrected chi connectivity index (χ2v) is 5.90. The number of benzene rings is 1. The molecule has 0 saturated carbocycles. The van der Waals surface area contributed by atoms with Crippen LogP contribution in [0, 0.1) is 0 Å². The highest BCUT2D eigenvalue weighted by Crippen LogP contribution is 2.30. The monoisotopic (exact) mass is 303 g/mol. The highest BCUT2D eigenvalue weighted by atomic mass is 35.5. The van der Waals surface area contributed by atoms with Gasteiger partial charge >= 0.3 is 0 Å². The van der Waals surface area contributed by atoms with Gasteiger partial charge in [-0.05, 0) is 30.7 Å². The highest BCUT2D eigenvalue weighted by molar-refractivity contribution is 6.30. The molecule has 0 spiro atoms. The molecule has 3 rings (SSSR count). The van der Waals surface area contributed by atoms with Crippen molar-refractivity contribution in [3.05, 3.63) is 53.2 Å². The summed E-state index contributed by atoms with van der Waals surface area (Å²) in [5.41, 5.74) is 8.48. The molecule has 2 heterocycles. The molecule has 0 radical (unpaired) electrons. The Bertz CT molecular complexity index is 632. The molecule has 0 amide bonds. The van der Waals surface area contributed by atoms with Crippen LogP contribution in [0.1, 0.15) is 12.5 Å². The average molecular weight is 304 g/mol. The minimum absolute atomic E-state index is 0.291. The van der Waals surface area contributed by atoms with E-state index < -0.39 is 5.60 Å². The predicted octanol–water partition coefficient (Wildman–Crippen LogP) is 2.52. The SMILES string of the molecule is CC1(c2cccc(-c3ccc(Cl)cn3)c2)CNCC(N)O1. The molecule has 1 saturated heterocycles. The first-order valence-corrected chi connectivity index (χ1v) is 7.31. The summed E-state index contributed by atoms with van der Waals surface area (Å²) in [7, 11) is 0. The van der Waals surface area contributed by atoms with E-state index in [4.69, 9.17) is 22.1 Å². The first-order chi connectivity index (χ1) is 10.1. The van der Waals surface area contributed by atoms with Crippen LogP contribution in [0.4, 0.5) is 0 Å². The third kappa shape index (κ3) is 3.09. The van der Waals surface area contributed by atoms with Crippen LogP contribution >= 0.6 is 11.6 Å². The Balaban J connectivity index is 1.94. The Morgan fingerprint density at radius 1 is 1.38 bits per heavy atom. The lowest BCUT2D eigenvalue weighted by Crippen LogP contribution is -2.53. The number of nitrogens with zero attached hydrogens (tertiary/aromatic N) is 1. The van der Waals surface area contributed by atoms with Crippen molar-refractivity contribution in [2.24, 2.45) is 5.73 Å². The fourth-order valence-corrected chi connectivity index (χ4v) is 2.71. The number of nitrogens with two attached hydrogens (primary N) is 1. The van der Waals surface area contributed by atoms with Crippen LogP contribution in [0.15, 0.2) is 42.6 Å². The summed E-state index contributed by atoms with van der Waals surface area (Å²) < 4.78 is 5.94. The van der Waals surface area contributed by atoms with Crippen LogP contribution in [-0.2, 0) is 10.3 Å². The maximum Gasteiger partial charge on any atom is 0.119 e. The molecular formula is C16H18ClN3O. The van der Waals surface area contributed by atoms with E-state index in [-0.39, 0.29) is 6.23 Å². The number of aromatic nitrogens is 1. The van der Waals surface area contributed by atoms with Gasteiger partial charge in [-0.2, -0.15) is 0 Å². The van der Waals surface area contributed by atoms with Crippen molar-refractivity contribution in [1.29, 1.82) is 0 Å². The van der Waals surface area contributed by atoms with E-state index in [2.05, 4.69) is 22.4 Å². The number of hydrogen-bond donors (Lipinski definition) is 2. The highest BCUT2D eigenvalue weighted by Gasteiger charge is 2.33. The van der Waals surface area contributed by atoms with Crippen molar-refractivity contribution in [2.45, 2.75) is 18.8 Å². The smallest absolute Gasteiger partial charge is 0.119 e. The van der Waals surface area contributed by atoms with Gasteiger partial charge in [0.25, 0.3) is 0 Å². The lowest BCUT2D eigenvalue weighted by molar-refractivity contribution is -0.107. The van der Waals surface area contributed by atoms with E-state index in [0.717, 1.165) is 23.4 Å². The fraction of sp³-hybridized carbons (Fsp3) is 0.312. The van der Waals surface area contributed by atoms with Crippen molar-refractivity contribution in [3.8, 4) is 11.3 Å². The first-order valence-electron chi connectivity index (χ1n) is 6.93. The molecule has 1 aliphatic heterocycles. The molecule has 5 heteroatoms. The zero-order chi connectivity index (χ0) is 14.9. The zero-order valence-electron chi connectivity index (χ0n) is 11.8. The number of ether oxygens (including phenoxy) is 1. The third-order valence-corrected chi connectivity index (χ3v) is 3.94. The number of nitrogens with one attached hydrogen (secondary N) is 1. The molecule has 1 fully saturated rings. The minimum atomic E-state index is -0.430.